The molecule has 20 heavy (non-hydrogen) atoms. The van der Waals surface area contributed by atoms with E-state index in [1.54, 1.807) is 18.2 Å². The van der Waals surface area contributed by atoms with Gasteiger partial charge in [0.1, 0.15) is 5.69 Å². The highest BCUT2D eigenvalue weighted by molar-refractivity contribution is 5.68. The van der Waals surface area contributed by atoms with Gasteiger partial charge in [0.05, 0.1) is 11.5 Å². The van der Waals surface area contributed by atoms with Gasteiger partial charge < -0.3 is 15.1 Å². The lowest BCUT2D eigenvalue weighted by molar-refractivity contribution is -0.385. The molecule has 7 nitrogen and oxygen atoms in total. The van der Waals surface area contributed by atoms with Crippen molar-refractivity contribution < 1.29 is 9.66 Å². The lowest BCUT2D eigenvalue weighted by Gasteiger charge is -2.32. The Labute approximate surface area is 118 Å². The van der Waals surface area contributed by atoms with Gasteiger partial charge in [-0.1, -0.05) is 6.07 Å². The Morgan fingerprint density at radius 1 is 1.35 bits per heavy atom. The second-order valence-electron chi connectivity index (χ2n) is 4.74. The van der Waals surface area contributed by atoms with Crippen molar-refractivity contribution in [3.63, 3.8) is 0 Å². The molecule has 1 saturated heterocycles. The van der Waals surface area contributed by atoms with E-state index < -0.39 is 4.92 Å². The fourth-order valence-corrected chi connectivity index (χ4v) is 2.16. The summed E-state index contributed by atoms with van der Waals surface area (Å²) in [5.41, 5.74) is 3.61. The molecule has 0 aliphatic carbocycles. The normalized spacial score (nSPS) is 16.9. The molecule has 1 aromatic rings. The Morgan fingerprint density at radius 3 is 2.65 bits per heavy atom. The molecule has 0 spiro atoms. The van der Waals surface area contributed by atoms with Crippen LogP contribution in [0.5, 0.6) is 5.75 Å². The van der Waals surface area contributed by atoms with Gasteiger partial charge in [0, 0.05) is 26.2 Å². The zero-order chi connectivity index (χ0) is 14.5. The van der Waals surface area contributed by atoms with Gasteiger partial charge in [0.15, 0.2) is 5.75 Å². The number of hydrogen-bond donors (Lipinski definition) is 1. The van der Waals surface area contributed by atoms with Crippen molar-refractivity contribution in [1.82, 2.24) is 9.91 Å². The topological polar surface area (TPSA) is 70.9 Å². The number of rotatable bonds is 5. The highest BCUT2D eigenvalue weighted by atomic mass is 16.6. The van der Waals surface area contributed by atoms with E-state index in [-0.39, 0.29) is 5.69 Å². The van der Waals surface area contributed by atoms with Crippen molar-refractivity contribution in [3.05, 3.63) is 28.3 Å². The number of likely N-dealkylation sites (N-methyl/N-ethyl adjacent to an activating group) is 1. The number of nitrogens with one attached hydrogen (secondary N) is 1. The number of benzene rings is 1. The van der Waals surface area contributed by atoms with Crippen LogP contribution in [0.15, 0.2) is 18.2 Å². The number of nitrogens with zero attached hydrogens (tertiary/aromatic N) is 3. The van der Waals surface area contributed by atoms with Crippen molar-refractivity contribution in [1.29, 1.82) is 0 Å². The van der Waals surface area contributed by atoms with E-state index in [2.05, 4.69) is 17.4 Å². The van der Waals surface area contributed by atoms with E-state index in [9.17, 15) is 10.1 Å². The summed E-state index contributed by atoms with van der Waals surface area (Å²) in [7, 11) is 2.06. The molecule has 0 amide bonds. The van der Waals surface area contributed by atoms with Crippen LogP contribution in [0.3, 0.4) is 0 Å². The Balaban J connectivity index is 2.18. The van der Waals surface area contributed by atoms with Crippen LogP contribution in [0.1, 0.15) is 6.92 Å². The Hall–Kier alpha value is -1.86. The van der Waals surface area contributed by atoms with Crippen molar-refractivity contribution in [2.24, 2.45) is 0 Å². The van der Waals surface area contributed by atoms with Crippen LogP contribution < -0.4 is 10.2 Å². The summed E-state index contributed by atoms with van der Waals surface area (Å²) in [5.74, 6) is 0.302. The molecule has 1 aliphatic heterocycles. The molecule has 2 rings (SSSR count). The number of anilines is 1. The zero-order valence-corrected chi connectivity index (χ0v) is 11.8. The van der Waals surface area contributed by atoms with Gasteiger partial charge in [0.25, 0.3) is 0 Å². The summed E-state index contributed by atoms with van der Waals surface area (Å²) in [5, 5.41) is 13.3. The summed E-state index contributed by atoms with van der Waals surface area (Å²) in [6.45, 7) is 5.74. The molecule has 0 unspecified atom stereocenters. The molecule has 0 radical (unpaired) electrons. The van der Waals surface area contributed by atoms with Crippen LogP contribution in [0.25, 0.3) is 0 Å². The van der Waals surface area contributed by atoms with Gasteiger partial charge in [-0.3, -0.25) is 10.1 Å². The Bertz CT molecular complexity index is 473. The highest BCUT2D eigenvalue weighted by Crippen LogP contribution is 2.35. The summed E-state index contributed by atoms with van der Waals surface area (Å²) in [4.78, 5) is 13.1. The second kappa shape index (κ2) is 6.53. The van der Waals surface area contributed by atoms with Gasteiger partial charge in [-0.2, -0.15) is 0 Å². The molecular weight excluding hydrogens is 260 g/mol. The van der Waals surface area contributed by atoms with Crippen LogP contribution >= 0.6 is 0 Å². The van der Waals surface area contributed by atoms with Gasteiger partial charge in [-0.25, -0.2) is 5.01 Å². The maximum Gasteiger partial charge on any atom is 0.335 e. The fraction of sp³-hybridized carbons (Fsp3) is 0.538. The molecule has 7 heteroatoms. The molecule has 0 saturated carbocycles. The monoisotopic (exact) mass is 280 g/mol. The molecule has 1 heterocycles. The smallest absolute Gasteiger partial charge is 0.335 e. The third kappa shape index (κ3) is 3.37. The molecular formula is C13H20N4O3. The van der Waals surface area contributed by atoms with E-state index >= 15 is 0 Å². The number of hydrazine groups is 1. The van der Waals surface area contributed by atoms with Crippen LogP contribution in [-0.2, 0) is 0 Å². The maximum absolute atomic E-state index is 11.3. The van der Waals surface area contributed by atoms with Crippen molar-refractivity contribution >= 4 is 11.4 Å². The standard InChI is InChI=1S/C13H20N4O3/c1-3-20-12-6-4-5-11(13(12)17(18)19)14-16-9-7-15(2)8-10-16/h4-6,14H,3,7-10H2,1-2H3. The number of hydrogen-bond acceptors (Lipinski definition) is 6. The average Bonchev–Trinajstić information content (AvgIpc) is 2.41. The first-order valence-corrected chi connectivity index (χ1v) is 6.72. The average molecular weight is 280 g/mol. The molecule has 0 atom stereocenters. The van der Waals surface area contributed by atoms with Gasteiger partial charge in [-0.15, -0.1) is 0 Å². The van der Waals surface area contributed by atoms with Crippen LogP contribution in [0.2, 0.25) is 0 Å². The van der Waals surface area contributed by atoms with Gasteiger partial charge in [0.2, 0.25) is 0 Å². The molecule has 0 aromatic heterocycles. The third-order valence-electron chi connectivity index (χ3n) is 3.26. The summed E-state index contributed by atoms with van der Waals surface area (Å²) < 4.78 is 5.34. The highest BCUT2D eigenvalue weighted by Gasteiger charge is 2.23. The Morgan fingerprint density at radius 2 is 2.05 bits per heavy atom. The Kier molecular flexibility index (Phi) is 4.75. The molecule has 0 bridgehead atoms. The first-order chi connectivity index (χ1) is 9.61. The number of nitro benzene ring substituents is 1. The van der Waals surface area contributed by atoms with E-state index in [1.165, 1.54) is 0 Å². The quantitative estimate of drug-likeness (QED) is 0.652. The maximum atomic E-state index is 11.3. The van der Waals surface area contributed by atoms with Crippen molar-refractivity contribution in [3.8, 4) is 5.75 Å². The van der Waals surface area contributed by atoms with Crippen molar-refractivity contribution in [2.75, 3.05) is 45.3 Å². The summed E-state index contributed by atoms with van der Waals surface area (Å²) in [6.07, 6.45) is 0. The lowest BCUT2D eigenvalue weighted by atomic mass is 10.2. The predicted molar refractivity (Wildman–Crippen MR) is 77.0 cm³/mol. The zero-order valence-electron chi connectivity index (χ0n) is 11.8. The predicted octanol–water partition coefficient (Wildman–Crippen LogP) is 1.57. The molecule has 110 valence electrons. The first kappa shape index (κ1) is 14.5. The van der Waals surface area contributed by atoms with Crippen LogP contribution in [0, 0.1) is 10.1 Å². The van der Waals surface area contributed by atoms with E-state index in [1.807, 2.05) is 11.9 Å². The molecule has 1 aromatic carbocycles. The third-order valence-corrected chi connectivity index (χ3v) is 3.26. The van der Waals surface area contributed by atoms with Crippen LogP contribution in [0.4, 0.5) is 11.4 Å². The van der Waals surface area contributed by atoms with Gasteiger partial charge >= 0.3 is 5.69 Å². The summed E-state index contributed by atoms with van der Waals surface area (Å²) in [6, 6.07) is 5.09. The number of nitro groups is 1. The minimum absolute atomic E-state index is 0.00622. The number of piperazine rings is 1. The largest absolute Gasteiger partial charge is 0.487 e. The van der Waals surface area contributed by atoms with E-state index in [0.717, 1.165) is 26.2 Å². The second-order valence-corrected chi connectivity index (χ2v) is 4.74. The fourth-order valence-electron chi connectivity index (χ4n) is 2.16. The molecule has 1 N–H and O–H groups in total. The molecule has 1 fully saturated rings. The minimum Gasteiger partial charge on any atom is -0.487 e. The lowest BCUT2D eigenvalue weighted by Crippen LogP contribution is -2.47. The first-order valence-electron chi connectivity index (χ1n) is 6.72. The van der Waals surface area contributed by atoms with Crippen LogP contribution in [-0.4, -0.2) is 54.7 Å². The number of ether oxygens (including phenoxy) is 1. The SMILES string of the molecule is CCOc1cccc(NN2CCN(C)CC2)c1[N+](=O)[O-]. The van der Waals surface area contributed by atoms with E-state index in [0.29, 0.717) is 18.0 Å². The summed E-state index contributed by atoms with van der Waals surface area (Å²) >= 11 is 0. The number of para-hydroxylation sites is 1. The molecule has 1 aliphatic rings. The van der Waals surface area contributed by atoms with Gasteiger partial charge in [-0.05, 0) is 26.1 Å². The van der Waals surface area contributed by atoms with E-state index in [4.69, 9.17) is 4.74 Å². The van der Waals surface area contributed by atoms with Crippen molar-refractivity contribution in [2.45, 2.75) is 6.92 Å². The minimum atomic E-state index is -0.399.